The van der Waals surface area contributed by atoms with E-state index in [0.717, 1.165) is 13.8 Å². The highest BCUT2D eigenvalue weighted by atomic mass is 16.8. The normalized spacial score (nSPS) is 49.6. The largest absolute Gasteiger partial charge is 0.394 e. The maximum absolute atomic E-state index is 12.7. The quantitative estimate of drug-likeness (QED) is 0.0770. The van der Waals surface area contributed by atoms with Crippen molar-refractivity contribution in [1.82, 2.24) is 10.6 Å². The Morgan fingerprint density at radius 3 is 1.34 bits per heavy atom. The number of hydrogen-bond donors (Lipinski definition) is 16. The molecule has 0 bridgehead atoms. The zero-order chi connectivity index (χ0) is 45.2. The number of aliphatic hydroxyl groups is 14. The minimum Gasteiger partial charge on any atom is -0.394 e. The summed E-state index contributed by atoms with van der Waals surface area (Å²) >= 11 is 0. The van der Waals surface area contributed by atoms with E-state index in [4.69, 9.17) is 42.6 Å². The van der Waals surface area contributed by atoms with Gasteiger partial charge in [-0.05, 0) is 6.92 Å². The Morgan fingerprint density at radius 2 is 0.803 bits per heavy atom. The molecule has 5 heterocycles. The van der Waals surface area contributed by atoms with Gasteiger partial charge in [-0.3, -0.25) is 9.59 Å². The summed E-state index contributed by atoms with van der Waals surface area (Å²) in [7, 11) is 0. The molecule has 0 saturated carbocycles. The van der Waals surface area contributed by atoms with Gasteiger partial charge in [0.1, 0.15) is 116 Å². The number of ether oxygens (including phenoxy) is 9. The number of carbonyl (C=O) groups excluding carboxylic acids is 2. The molecule has 5 fully saturated rings. The van der Waals surface area contributed by atoms with Gasteiger partial charge in [0, 0.05) is 13.8 Å². The van der Waals surface area contributed by atoms with Crippen molar-refractivity contribution in [2.24, 2.45) is 0 Å². The van der Waals surface area contributed by atoms with E-state index in [1.807, 2.05) is 0 Å². The Hall–Kier alpha value is -1.98. The summed E-state index contributed by atoms with van der Waals surface area (Å²) in [5, 5.41) is 154. The number of aliphatic hydroxyl groups excluding tert-OH is 14. The molecule has 61 heavy (non-hydrogen) atoms. The summed E-state index contributed by atoms with van der Waals surface area (Å²) in [6, 6.07) is -3.34. The lowest BCUT2D eigenvalue weighted by Gasteiger charge is -2.51. The van der Waals surface area contributed by atoms with Crippen molar-refractivity contribution < 1.29 is 124 Å². The van der Waals surface area contributed by atoms with E-state index in [1.54, 1.807) is 0 Å². The first-order valence-electron chi connectivity index (χ1n) is 19.5. The fourth-order valence-corrected chi connectivity index (χ4v) is 7.74. The minimum atomic E-state index is -2.04. The first-order valence-corrected chi connectivity index (χ1v) is 19.5. The highest BCUT2D eigenvalue weighted by Crippen LogP contribution is 2.37. The van der Waals surface area contributed by atoms with E-state index in [0.29, 0.717) is 0 Å². The molecule has 5 saturated heterocycles. The number of nitrogens with one attached hydrogen (secondary N) is 2. The predicted molar refractivity (Wildman–Crippen MR) is 188 cm³/mol. The first kappa shape index (κ1) is 50.0. The fraction of sp³-hybridized carbons (Fsp3) is 0.941. The Bertz CT molecular complexity index is 1420. The maximum Gasteiger partial charge on any atom is 0.217 e. The fourth-order valence-electron chi connectivity index (χ4n) is 7.74. The van der Waals surface area contributed by atoms with Crippen LogP contribution in [-0.4, -0.2) is 263 Å². The standard InChI is InChI=1S/C34H58N2O25/c1-8-17(43)22(48)24(50)32(53-8)61-29-28(21(47)14(7-40)57-34(29)59-26-15(35-9(2)41)30(52)54-12(5-38)19(26)45)60-31-16(36-10(3)42)27(20(46)13(6-39)55-31)58-33-25(51)23(49)18(44)11(4-37)56-33/h8,11-34,37-40,43-52H,4-7H2,1-3H3,(H,35,41)(H,36,42)/t8-,11+,12+,13+,14+,15+,16+,17+,18-,19-,20-,21-,22+,23-,24-,25+,26+,27+,28-,29+,30?,31+,32-,33+,34-/m0/s1. The number of rotatable bonds is 14. The molecule has 27 nitrogen and oxygen atoms in total. The third-order valence-corrected chi connectivity index (χ3v) is 11.1. The van der Waals surface area contributed by atoms with E-state index >= 15 is 0 Å². The Morgan fingerprint density at radius 1 is 0.426 bits per heavy atom. The topological polar surface area (TPSA) is 424 Å². The van der Waals surface area contributed by atoms with Gasteiger partial charge in [0.15, 0.2) is 31.5 Å². The summed E-state index contributed by atoms with van der Waals surface area (Å²) in [5.74, 6) is -1.58. The van der Waals surface area contributed by atoms with Crippen molar-refractivity contribution in [2.45, 2.75) is 174 Å². The van der Waals surface area contributed by atoms with Crippen LogP contribution in [0, 0.1) is 0 Å². The van der Waals surface area contributed by atoms with Crippen molar-refractivity contribution in [3.8, 4) is 0 Å². The summed E-state index contributed by atoms with van der Waals surface area (Å²) < 4.78 is 52.3. The van der Waals surface area contributed by atoms with Crippen molar-refractivity contribution in [2.75, 3.05) is 26.4 Å². The lowest BCUT2D eigenvalue weighted by Crippen LogP contribution is -2.71. The molecule has 1 unspecified atom stereocenters. The molecule has 25 atom stereocenters. The number of carbonyl (C=O) groups is 2. The Labute approximate surface area is 346 Å². The molecule has 0 aromatic heterocycles. The SMILES string of the molecule is CC(=O)N[C@H]1[C@@H](O[C@H]2[C@@H](O)[C@@H](CO)O[C@@H](O[C@H]3[C@@H](O)[C@@H](CO)OC(O)[C@@H]3NC(C)=O)[C@@H]2O[C@@H]2O[C@@H](C)[C@@H](O)[C@@H](O)[C@@H]2O)O[C@H](CO)[C@H](O)[C@@H]1O[C@H]1O[C@H](CO)[C@H](O)[C@H](O)[C@H]1O. The second kappa shape index (κ2) is 21.3. The molecule has 5 rings (SSSR count). The van der Waals surface area contributed by atoms with E-state index < -0.39 is 192 Å². The molecule has 0 spiro atoms. The van der Waals surface area contributed by atoms with Crippen LogP contribution in [0.2, 0.25) is 0 Å². The van der Waals surface area contributed by atoms with Crippen LogP contribution in [0.5, 0.6) is 0 Å². The molecule has 5 aliphatic rings. The van der Waals surface area contributed by atoms with Gasteiger partial charge in [-0.25, -0.2) is 0 Å². The maximum atomic E-state index is 12.7. The van der Waals surface area contributed by atoms with Gasteiger partial charge in [-0.1, -0.05) is 0 Å². The van der Waals surface area contributed by atoms with Gasteiger partial charge in [0.05, 0.1) is 32.5 Å². The molecule has 0 aliphatic carbocycles. The minimum absolute atomic E-state index is 0.752. The molecule has 0 aromatic rings. The van der Waals surface area contributed by atoms with Gasteiger partial charge in [0.25, 0.3) is 0 Å². The van der Waals surface area contributed by atoms with Crippen LogP contribution in [0.1, 0.15) is 20.8 Å². The highest BCUT2D eigenvalue weighted by Gasteiger charge is 2.58. The third-order valence-electron chi connectivity index (χ3n) is 11.1. The molecule has 16 N–H and O–H groups in total. The average molecular weight is 895 g/mol. The summed E-state index contributed by atoms with van der Waals surface area (Å²) in [5.41, 5.74) is 0. The van der Waals surface area contributed by atoms with Crippen LogP contribution >= 0.6 is 0 Å². The smallest absolute Gasteiger partial charge is 0.217 e. The van der Waals surface area contributed by atoms with Crippen LogP contribution in [0.4, 0.5) is 0 Å². The second-order valence-electron chi connectivity index (χ2n) is 15.4. The molecule has 354 valence electrons. The molecule has 0 radical (unpaired) electrons. The summed E-state index contributed by atoms with van der Waals surface area (Å²) in [4.78, 5) is 24.9. The van der Waals surface area contributed by atoms with Gasteiger partial charge in [0.2, 0.25) is 11.8 Å². The van der Waals surface area contributed by atoms with Crippen molar-refractivity contribution >= 4 is 11.8 Å². The van der Waals surface area contributed by atoms with Crippen molar-refractivity contribution in [3.63, 3.8) is 0 Å². The predicted octanol–water partition coefficient (Wildman–Crippen LogP) is -10.6. The van der Waals surface area contributed by atoms with Crippen LogP contribution in [0.15, 0.2) is 0 Å². The molecular formula is C34H58N2O25. The van der Waals surface area contributed by atoms with Gasteiger partial charge < -0.3 is 125 Å². The van der Waals surface area contributed by atoms with Crippen molar-refractivity contribution in [1.29, 1.82) is 0 Å². The molecule has 5 aliphatic heterocycles. The van der Waals surface area contributed by atoms with E-state index in [9.17, 15) is 81.1 Å². The van der Waals surface area contributed by atoms with E-state index in [-0.39, 0.29) is 0 Å². The van der Waals surface area contributed by atoms with Gasteiger partial charge in [-0.2, -0.15) is 0 Å². The Balaban J connectivity index is 1.56. The van der Waals surface area contributed by atoms with Crippen LogP contribution in [0.3, 0.4) is 0 Å². The summed E-state index contributed by atoms with van der Waals surface area (Å²) in [6.07, 6.45) is -42.2. The molecular weight excluding hydrogens is 836 g/mol. The molecule has 27 heteroatoms. The molecule has 2 amide bonds. The van der Waals surface area contributed by atoms with Crippen LogP contribution in [-0.2, 0) is 52.2 Å². The second-order valence-corrected chi connectivity index (χ2v) is 15.4. The first-order chi connectivity index (χ1) is 28.8. The number of hydrogen-bond acceptors (Lipinski definition) is 25. The van der Waals surface area contributed by atoms with Crippen LogP contribution in [0.25, 0.3) is 0 Å². The van der Waals surface area contributed by atoms with E-state index in [2.05, 4.69) is 10.6 Å². The number of amides is 2. The third kappa shape index (κ3) is 10.8. The van der Waals surface area contributed by atoms with E-state index in [1.165, 1.54) is 6.92 Å². The average Bonchev–Trinajstić information content (AvgIpc) is 3.22. The monoisotopic (exact) mass is 894 g/mol. The highest BCUT2D eigenvalue weighted by molar-refractivity contribution is 5.73. The van der Waals surface area contributed by atoms with Crippen molar-refractivity contribution in [3.05, 3.63) is 0 Å². The molecule has 0 aromatic carbocycles. The Kier molecular flexibility index (Phi) is 17.5. The summed E-state index contributed by atoms with van der Waals surface area (Å²) in [6.45, 7) is -0.352. The zero-order valence-corrected chi connectivity index (χ0v) is 33.0. The lowest BCUT2D eigenvalue weighted by atomic mass is 9.93. The lowest BCUT2D eigenvalue weighted by molar-refractivity contribution is -0.399. The van der Waals surface area contributed by atoms with Gasteiger partial charge in [-0.15, -0.1) is 0 Å². The zero-order valence-electron chi connectivity index (χ0n) is 33.0. The van der Waals surface area contributed by atoms with Gasteiger partial charge >= 0.3 is 0 Å². The van der Waals surface area contributed by atoms with Crippen LogP contribution < -0.4 is 10.6 Å².